The lowest BCUT2D eigenvalue weighted by Crippen LogP contribution is -2.20. The maximum atomic E-state index is 13.1. The van der Waals surface area contributed by atoms with Gasteiger partial charge in [0.25, 0.3) is 0 Å². The van der Waals surface area contributed by atoms with Gasteiger partial charge in [0.1, 0.15) is 5.82 Å². The SMILES string of the molecule is [2H]C1(c2ccc(N(C)c3ccc(F)cc3)cc2)CCC(C)(C)CC1. The van der Waals surface area contributed by atoms with Gasteiger partial charge in [0.2, 0.25) is 0 Å². The highest BCUT2D eigenvalue weighted by atomic mass is 19.1. The maximum Gasteiger partial charge on any atom is 0.123 e. The van der Waals surface area contributed by atoms with E-state index in [4.69, 9.17) is 1.37 Å². The molecule has 2 aromatic carbocycles. The summed E-state index contributed by atoms with van der Waals surface area (Å²) in [7, 11) is 1.97. The number of benzene rings is 2. The predicted octanol–water partition coefficient (Wildman–Crippen LogP) is 6.28. The Balaban J connectivity index is 1.77. The van der Waals surface area contributed by atoms with Crippen molar-refractivity contribution in [3.8, 4) is 0 Å². The van der Waals surface area contributed by atoms with Crippen molar-refractivity contribution >= 4 is 11.4 Å². The molecule has 1 aliphatic carbocycles. The number of anilines is 2. The van der Waals surface area contributed by atoms with E-state index < -0.39 is 5.89 Å². The average molecular weight is 312 g/mol. The molecule has 0 heterocycles. The molecule has 0 unspecified atom stereocenters. The molecule has 0 N–H and O–H groups in total. The van der Waals surface area contributed by atoms with Crippen LogP contribution >= 0.6 is 0 Å². The van der Waals surface area contributed by atoms with Crippen molar-refractivity contribution in [3.63, 3.8) is 0 Å². The summed E-state index contributed by atoms with van der Waals surface area (Å²) < 4.78 is 21.9. The van der Waals surface area contributed by atoms with E-state index in [1.807, 2.05) is 11.9 Å². The Bertz CT molecular complexity index is 681. The standard InChI is InChI=1S/C21H26FN/c1-21(2)14-12-17(13-15-21)16-4-8-19(9-5-16)23(3)20-10-6-18(22)7-11-20/h4-11,17H,12-15H2,1-3H3/i17D. The number of hydrogen-bond donors (Lipinski definition) is 0. The fraction of sp³-hybridized carbons (Fsp3) is 0.429. The second kappa shape index (κ2) is 6.35. The van der Waals surface area contributed by atoms with Gasteiger partial charge in [0.15, 0.2) is 0 Å². The van der Waals surface area contributed by atoms with Crippen molar-refractivity contribution in [1.29, 1.82) is 0 Å². The fourth-order valence-corrected chi connectivity index (χ4v) is 3.25. The molecule has 2 aromatic rings. The van der Waals surface area contributed by atoms with Crippen molar-refractivity contribution in [1.82, 2.24) is 0 Å². The zero-order chi connectivity index (χ0) is 17.4. The Kier molecular flexibility index (Phi) is 4.07. The summed E-state index contributed by atoms with van der Waals surface area (Å²) in [6.07, 6.45) is 4.06. The Morgan fingerprint density at radius 3 is 1.96 bits per heavy atom. The van der Waals surface area contributed by atoms with Gasteiger partial charge in [-0.1, -0.05) is 26.0 Å². The number of nitrogens with zero attached hydrogens (tertiary/aromatic N) is 1. The van der Waals surface area contributed by atoms with Gasteiger partial charge in [-0.15, -0.1) is 0 Å². The van der Waals surface area contributed by atoms with Crippen LogP contribution < -0.4 is 4.90 Å². The van der Waals surface area contributed by atoms with Crippen LogP contribution in [0.2, 0.25) is 0 Å². The van der Waals surface area contributed by atoms with Gasteiger partial charge in [-0.3, -0.25) is 0 Å². The molecular formula is C21H26FN. The van der Waals surface area contributed by atoms with Crippen LogP contribution in [0.25, 0.3) is 0 Å². The van der Waals surface area contributed by atoms with Crippen molar-refractivity contribution in [2.75, 3.05) is 11.9 Å². The van der Waals surface area contributed by atoms with E-state index in [1.54, 1.807) is 12.1 Å². The first-order valence-electron chi connectivity index (χ1n) is 8.89. The minimum Gasteiger partial charge on any atom is -0.345 e. The Labute approximate surface area is 140 Å². The van der Waals surface area contributed by atoms with Crippen LogP contribution in [0.15, 0.2) is 48.5 Å². The van der Waals surface area contributed by atoms with E-state index >= 15 is 0 Å². The van der Waals surface area contributed by atoms with Gasteiger partial charge >= 0.3 is 0 Å². The third-order valence-electron chi connectivity index (χ3n) is 5.08. The van der Waals surface area contributed by atoms with Gasteiger partial charge < -0.3 is 4.90 Å². The number of halogens is 1. The second-order valence-corrected chi connectivity index (χ2v) is 7.35. The lowest BCUT2D eigenvalue weighted by molar-refractivity contribution is 0.224. The Morgan fingerprint density at radius 1 is 0.957 bits per heavy atom. The quantitative estimate of drug-likeness (QED) is 0.645. The van der Waals surface area contributed by atoms with Crippen LogP contribution in [0, 0.1) is 11.2 Å². The van der Waals surface area contributed by atoms with Gasteiger partial charge in [-0.25, -0.2) is 4.39 Å². The summed E-state index contributed by atoms with van der Waals surface area (Å²) in [5.41, 5.74) is 3.47. The highest BCUT2D eigenvalue weighted by Gasteiger charge is 2.27. The fourth-order valence-electron chi connectivity index (χ4n) is 3.25. The van der Waals surface area contributed by atoms with Crippen LogP contribution in [-0.2, 0) is 0 Å². The first kappa shape index (κ1) is 14.7. The first-order chi connectivity index (χ1) is 11.3. The summed E-state index contributed by atoms with van der Waals surface area (Å²) in [6.45, 7) is 4.60. The molecular weight excluding hydrogens is 285 g/mol. The normalized spacial score (nSPS) is 19.9. The Morgan fingerprint density at radius 2 is 1.43 bits per heavy atom. The summed E-state index contributed by atoms with van der Waals surface area (Å²) in [4.78, 5) is 2.03. The largest absolute Gasteiger partial charge is 0.345 e. The third-order valence-corrected chi connectivity index (χ3v) is 5.08. The topological polar surface area (TPSA) is 3.24 Å². The smallest absolute Gasteiger partial charge is 0.123 e. The second-order valence-electron chi connectivity index (χ2n) is 7.35. The molecule has 122 valence electrons. The van der Waals surface area contributed by atoms with Gasteiger partial charge in [-0.2, -0.15) is 0 Å². The van der Waals surface area contributed by atoms with Crippen molar-refractivity contribution in [2.45, 2.75) is 45.4 Å². The Hall–Kier alpha value is -1.83. The number of hydrogen-bond acceptors (Lipinski definition) is 1. The van der Waals surface area contributed by atoms with Crippen molar-refractivity contribution < 1.29 is 5.76 Å². The molecule has 0 spiro atoms. The van der Waals surface area contributed by atoms with Crippen LogP contribution in [-0.4, -0.2) is 7.05 Å². The molecule has 0 bridgehead atoms. The molecule has 0 aliphatic heterocycles. The average Bonchev–Trinajstić information content (AvgIpc) is 2.58. The molecule has 1 aliphatic rings. The van der Waals surface area contributed by atoms with Gasteiger partial charge in [-0.05, 0) is 79.0 Å². The summed E-state index contributed by atoms with van der Waals surface area (Å²) in [5, 5.41) is 0. The first-order valence-corrected chi connectivity index (χ1v) is 8.39. The number of rotatable bonds is 3. The van der Waals surface area contributed by atoms with Crippen LogP contribution in [0.5, 0.6) is 0 Å². The predicted molar refractivity (Wildman–Crippen MR) is 95.9 cm³/mol. The molecule has 1 nitrogen and oxygen atoms in total. The van der Waals surface area contributed by atoms with Crippen molar-refractivity contribution in [3.05, 3.63) is 59.9 Å². The maximum absolute atomic E-state index is 13.1. The third kappa shape index (κ3) is 3.74. The van der Waals surface area contributed by atoms with E-state index in [0.29, 0.717) is 5.41 Å². The van der Waals surface area contributed by atoms with E-state index in [9.17, 15) is 4.39 Å². The minimum absolute atomic E-state index is 0.223. The molecule has 3 rings (SSSR count). The highest BCUT2D eigenvalue weighted by molar-refractivity contribution is 5.62. The van der Waals surface area contributed by atoms with Gasteiger partial charge in [0.05, 0.1) is 0 Å². The molecule has 0 aromatic heterocycles. The molecule has 0 atom stereocenters. The van der Waals surface area contributed by atoms with E-state index in [-0.39, 0.29) is 5.82 Å². The van der Waals surface area contributed by atoms with Crippen LogP contribution in [0.3, 0.4) is 0 Å². The van der Waals surface area contributed by atoms with E-state index in [2.05, 4.69) is 38.1 Å². The summed E-state index contributed by atoms with van der Waals surface area (Å²) in [5.74, 6) is -0.679. The molecule has 0 saturated heterocycles. The zero-order valence-corrected chi connectivity index (χ0v) is 14.3. The minimum atomic E-state index is -0.456. The van der Waals surface area contributed by atoms with E-state index in [0.717, 1.165) is 42.6 Å². The molecule has 1 fully saturated rings. The van der Waals surface area contributed by atoms with E-state index in [1.165, 1.54) is 12.1 Å². The van der Waals surface area contributed by atoms with Crippen LogP contribution in [0.1, 0.15) is 52.4 Å². The van der Waals surface area contributed by atoms with Crippen molar-refractivity contribution in [2.24, 2.45) is 5.41 Å². The molecule has 23 heavy (non-hydrogen) atoms. The monoisotopic (exact) mass is 312 g/mol. The molecule has 2 heteroatoms. The van der Waals surface area contributed by atoms with Crippen LogP contribution in [0.4, 0.5) is 15.8 Å². The highest BCUT2D eigenvalue weighted by Crippen LogP contribution is 2.42. The molecule has 0 radical (unpaired) electrons. The van der Waals surface area contributed by atoms with Gasteiger partial charge in [0, 0.05) is 19.8 Å². The zero-order valence-electron chi connectivity index (χ0n) is 15.3. The molecule has 1 saturated carbocycles. The summed E-state index contributed by atoms with van der Waals surface area (Å²) in [6, 6.07) is 14.8. The summed E-state index contributed by atoms with van der Waals surface area (Å²) >= 11 is 0. The lowest BCUT2D eigenvalue weighted by Gasteiger charge is -2.34. The molecule has 0 amide bonds. The lowest BCUT2D eigenvalue weighted by atomic mass is 9.71.